The van der Waals surface area contributed by atoms with E-state index in [1.54, 1.807) is 0 Å². The maximum atomic E-state index is 12.0. The highest BCUT2D eigenvalue weighted by Crippen LogP contribution is 2.36. The van der Waals surface area contributed by atoms with Crippen molar-refractivity contribution in [1.29, 1.82) is 0 Å². The fraction of sp³-hybridized carbons (Fsp3) is 0.650. The fourth-order valence-corrected chi connectivity index (χ4v) is 3.34. The summed E-state index contributed by atoms with van der Waals surface area (Å²) in [4.78, 5) is 12.0. The molecule has 1 heterocycles. The Labute approximate surface area is 156 Å². The maximum Gasteiger partial charge on any atom is 0.494 e. The second kappa shape index (κ2) is 6.27. The van der Waals surface area contributed by atoms with Gasteiger partial charge < -0.3 is 19.4 Å². The first-order valence-electron chi connectivity index (χ1n) is 9.33. The van der Waals surface area contributed by atoms with Gasteiger partial charge in [0, 0.05) is 6.04 Å². The number of carbonyl (C=O) groups excluding carboxylic acids is 1. The summed E-state index contributed by atoms with van der Waals surface area (Å²) in [5.74, 6) is 0. The van der Waals surface area contributed by atoms with Crippen LogP contribution in [0.3, 0.4) is 0 Å². The van der Waals surface area contributed by atoms with E-state index in [9.17, 15) is 4.79 Å². The quantitative estimate of drug-likeness (QED) is 0.825. The van der Waals surface area contributed by atoms with Gasteiger partial charge in [-0.3, -0.25) is 0 Å². The molecule has 1 fully saturated rings. The van der Waals surface area contributed by atoms with Crippen LogP contribution < -0.4 is 10.8 Å². The summed E-state index contributed by atoms with van der Waals surface area (Å²) < 4.78 is 17.6. The number of ether oxygens (including phenoxy) is 1. The molecule has 142 valence electrons. The van der Waals surface area contributed by atoms with Gasteiger partial charge in [-0.05, 0) is 77.9 Å². The molecule has 1 aliphatic carbocycles. The Hall–Kier alpha value is -1.53. The van der Waals surface area contributed by atoms with Crippen LogP contribution in [-0.2, 0) is 26.9 Å². The molecule has 0 radical (unpaired) electrons. The van der Waals surface area contributed by atoms with Crippen molar-refractivity contribution in [1.82, 2.24) is 5.32 Å². The zero-order chi connectivity index (χ0) is 19.3. The second-order valence-electron chi connectivity index (χ2n) is 9.37. The average Bonchev–Trinajstić information content (AvgIpc) is 2.93. The van der Waals surface area contributed by atoms with Crippen LogP contribution in [0.25, 0.3) is 0 Å². The van der Waals surface area contributed by atoms with E-state index < -0.39 is 5.60 Å². The molecule has 3 rings (SSSR count). The Balaban J connectivity index is 1.67. The third-order valence-corrected chi connectivity index (χ3v) is 5.41. The number of amides is 1. The van der Waals surface area contributed by atoms with Gasteiger partial charge in [-0.15, -0.1) is 0 Å². The van der Waals surface area contributed by atoms with Crippen LogP contribution in [0.4, 0.5) is 4.79 Å². The summed E-state index contributed by atoms with van der Waals surface area (Å²) in [6.45, 7) is 13.8. The van der Waals surface area contributed by atoms with Crippen molar-refractivity contribution < 1.29 is 18.8 Å². The molecule has 0 spiro atoms. The lowest BCUT2D eigenvalue weighted by Gasteiger charge is -2.32. The average molecular weight is 359 g/mol. The number of hydrogen-bond donors (Lipinski definition) is 1. The minimum Gasteiger partial charge on any atom is -0.444 e. The van der Waals surface area contributed by atoms with Crippen LogP contribution in [-0.4, -0.2) is 36.1 Å². The molecule has 0 unspecified atom stereocenters. The number of hydrogen-bond acceptors (Lipinski definition) is 4. The number of alkyl carbamates (subject to hydrolysis) is 1. The number of fused-ring (bicyclic) bond motifs is 1. The molecule has 0 saturated carbocycles. The van der Waals surface area contributed by atoms with Crippen LogP contribution in [0.1, 0.15) is 59.6 Å². The van der Waals surface area contributed by atoms with Crippen LogP contribution in [0.2, 0.25) is 0 Å². The second-order valence-corrected chi connectivity index (χ2v) is 9.37. The highest BCUT2D eigenvalue weighted by Gasteiger charge is 2.51. The zero-order valence-corrected chi connectivity index (χ0v) is 16.9. The van der Waals surface area contributed by atoms with Gasteiger partial charge in [0.25, 0.3) is 0 Å². The van der Waals surface area contributed by atoms with Crippen LogP contribution in [0, 0.1) is 0 Å². The van der Waals surface area contributed by atoms with Crippen LogP contribution in [0.5, 0.6) is 0 Å². The molecule has 1 aromatic rings. The van der Waals surface area contributed by atoms with E-state index in [4.69, 9.17) is 14.0 Å². The molecule has 1 amide bonds. The van der Waals surface area contributed by atoms with Crippen molar-refractivity contribution >= 4 is 18.7 Å². The fourth-order valence-electron chi connectivity index (χ4n) is 3.34. The van der Waals surface area contributed by atoms with Gasteiger partial charge >= 0.3 is 13.2 Å². The predicted molar refractivity (Wildman–Crippen MR) is 103 cm³/mol. The van der Waals surface area contributed by atoms with Crippen molar-refractivity contribution in [3.05, 3.63) is 29.3 Å². The molecular weight excluding hydrogens is 329 g/mol. The maximum absolute atomic E-state index is 12.0. The first kappa shape index (κ1) is 19.2. The topological polar surface area (TPSA) is 56.8 Å². The molecular formula is C20H30BNO4. The van der Waals surface area contributed by atoms with Crippen molar-refractivity contribution in [2.24, 2.45) is 0 Å². The van der Waals surface area contributed by atoms with E-state index in [-0.39, 0.29) is 30.5 Å². The molecule has 5 nitrogen and oxygen atoms in total. The van der Waals surface area contributed by atoms with E-state index in [1.165, 1.54) is 11.1 Å². The van der Waals surface area contributed by atoms with Gasteiger partial charge in [0.15, 0.2) is 0 Å². The van der Waals surface area contributed by atoms with Gasteiger partial charge in [0.05, 0.1) is 11.2 Å². The molecule has 1 N–H and O–H groups in total. The lowest BCUT2D eigenvalue weighted by Crippen LogP contribution is -2.41. The summed E-state index contributed by atoms with van der Waals surface area (Å²) in [6.07, 6.45) is 1.25. The first-order chi connectivity index (χ1) is 11.9. The van der Waals surface area contributed by atoms with Gasteiger partial charge in [-0.1, -0.05) is 18.2 Å². The molecule has 0 bridgehead atoms. The van der Waals surface area contributed by atoms with Crippen molar-refractivity contribution in [3.63, 3.8) is 0 Å². The summed E-state index contributed by atoms with van der Waals surface area (Å²) >= 11 is 0. The van der Waals surface area contributed by atoms with E-state index >= 15 is 0 Å². The van der Waals surface area contributed by atoms with Gasteiger partial charge in [0.2, 0.25) is 0 Å². The summed E-state index contributed by atoms with van der Waals surface area (Å²) in [6, 6.07) is 6.39. The van der Waals surface area contributed by atoms with Gasteiger partial charge in [-0.25, -0.2) is 4.79 Å². The third-order valence-electron chi connectivity index (χ3n) is 5.41. The number of benzene rings is 1. The lowest BCUT2D eigenvalue weighted by molar-refractivity contribution is 0.00578. The molecule has 1 aromatic carbocycles. The number of rotatable bonds is 2. The zero-order valence-electron chi connectivity index (χ0n) is 16.9. The van der Waals surface area contributed by atoms with E-state index in [1.807, 2.05) is 20.8 Å². The van der Waals surface area contributed by atoms with E-state index in [0.29, 0.717) is 0 Å². The lowest BCUT2D eigenvalue weighted by atomic mass is 9.78. The van der Waals surface area contributed by atoms with Gasteiger partial charge in [0.1, 0.15) is 5.60 Å². The van der Waals surface area contributed by atoms with E-state index in [0.717, 1.165) is 18.3 Å². The third kappa shape index (κ3) is 3.91. The number of nitrogens with one attached hydrogen (secondary N) is 1. The Morgan fingerprint density at radius 1 is 1.12 bits per heavy atom. The Bertz CT molecular complexity index is 692. The molecule has 1 saturated heterocycles. The summed E-state index contributed by atoms with van der Waals surface area (Å²) in [7, 11) is -0.358. The van der Waals surface area contributed by atoms with Gasteiger partial charge in [-0.2, -0.15) is 0 Å². The predicted octanol–water partition coefficient (Wildman–Crippen LogP) is 2.98. The van der Waals surface area contributed by atoms with Crippen LogP contribution >= 0.6 is 0 Å². The van der Waals surface area contributed by atoms with Crippen LogP contribution in [0.15, 0.2) is 18.2 Å². The number of carbonyl (C=O) groups is 1. The van der Waals surface area contributed by atoms with Crippen molar-refractivity contribution in [2.75, 3.05) is 0 Å². The largest absolute Gasteiger partial charge is 0.494 e. The monoisotopic (exact) mass is 359 g/mol. The standard InChI is InChI=1S/C20H30BNO4/c1-18(2,3)24-17(23)22-16-11-13-8-9-15(10-14(13)12-16)21-25-19(4,5)20(6,7)26-21/h8-10,16H,11-12H2,1-7H3,(H,22,23)/t16-/m0/s1. The van der Waals surface area contributed by atoms with Crippen molar-refractivity contribution in [3.8, 4) is 0 Å². The SMILES string of the molecule is CC(C)(C)OC(=O)N[C@H]1Cc2ccc(B3OC(C)(C)C(C)(C)O3)cc2C1. The minimum atomic E-state index is -0.487. The summed E-state index contributed by atoms with van der Waals surface area (Å²) in [5.41, 5.74) is 2.33. The van der Waals surface area contributed by atoms with Crippen molar-refractivity contribution in [2.45, 2.75) is 84.2 Å². The molecule has 2 aliphatic rings. The highest BCUT2D eigenvalue weighted by atomic mass is 16.7. The molecule has 1 atom stereocenters. The first-order valence-corrected chi connectivity index (χ1v) is 9.33. The molecule has 0 aromatic heterocycles. The molecule has 1 aliphatic heterocycles. The minimum absolute atomic E-state index is 0.0633. The smallest absolute Gasteiger partial charge is 0.444 e. The molecule has 26 heavy (non-hydrogen) atoms. The summed E-state index contributed by atoms with van der Waals surface area (Å²) in [5, 5.41) is 2.97. The normalized spacial score (nSPS) is 23.7. The Morgan fingerprint density at radius 2 is 1.69 bits per heavy atom. The van der Waals surface area contributed by atoms with E-state index in [2.05, 4.69) is 51.2 Å². The highest BCUT2D eigenvalue weighted by molar-refractivity contribution is 6.62. The Kier molecular flexibility index (Phi) is 4.64. The molecule has 6 heteroatoms. The Morgan fingerprint density at radius 3 is 2.27 bits per heavy atom.